The molecular formula is C12H7BrCl2OS. The van der Waals surface area contributed by atoms with E-state index < -0.39 is 0 Å². The molecule has 0 amide bonds. The van der Waals surface area contributed by atoms with E-state index in [1.807, 2.05) is 6.92 Å². The molecule has 0 saturated heterocycles. The standard InChI is InChI=1S/C12H7BrCl2OS/c1-6-7(13)5-10(17-6)12(16)11-8(14)3-2-4-9(11)15/h2-5H,1H3. The maximum absolute atomic E-state index is 12.3. The van der Waals surface area contributed by atoms with Gasteiger partial charge in [0.1, 0.15) is 0 Å². The number of ketones is 1. The van der Waals surface area contributed by atoms with Crippen LogP contribution < -0.4 is 0 Å². The molecule has 2 rings (SSSR count). The van der Waals surface area contributed by atoms with Crippen molar-refractivity contribution >= 4 is 56.3 Å². The summed E-state index contributed by atoms with van der Waals surface area (Å²) in [6, 6.07) is 6.84. The number of hydrogen-bond acceptors (Lipinski definition) is 2. The highest BCUT2D eigenvalue weighted by molar-refractivity contribution is 9.10. The molecule has 2 aromatic rings. The minimum absolute atomic E-state index is 0.139. The zero-order valence-corrected chi connectivity index (χ0v) is 12.7. The van der Waals surface area contributed by atoms with Gasteiger partial charge in [-0.15, -0.1) is 11.3 Å². The van der Waals surface area contributed by atoms with Crippen LogP contribution in [0, 0.1) is 6.92 Å². The van der Waals surface area contributed by atoms with Crippen LogP contribution in [-0.4, -0.2) is 5.78 Å². The Morgan fingerprint density at radius 2 is 1.88 bits per heavy atom. The molecule has 1 heterocycles. The first-order valence-electron chi connectivity index (χ1n) is 4.75. The predicted molar refractivity (Wildman–Crippen MR) is 76.7 cm³/mol. The van der Waals surface area contributed by atoms with Crippen LogP contribution in [0.25, 0.3) is 0 Å². The fourth-order valence-electron chi connectivity index (χ4n) is 1.41. The van der Waals surface area contributed by atoms with Crippen molar-refractivity contribution in [3.05, 3.63) is 54.1 Å². The number of halogens is 3. The van der Waals surface area contributed by atoms with E-state index >= 15 is 0 Å². The summed E-state index contributed by atoms with van der Waals surface area (Å²) >= 11 is 16.8. The SMILES string of the molecule is Cc1sc(C(=O)c2c(Cl)cccc2Cl)cc1Br. The Morgan fingerprint density at radius 3 is 2.35 bits per heavy atom. The first-order valence-corrected chi connectivity index (χ1v) is 7.12. The molecule has 17 heavy (non-hydrogen) atoms. The van der Waals surface area contributed by atoms with Gasteiger partial charge in [-0.3, -0.25) is 4.79 Å². The van der Waals surface area contributed by atoms with Crippen LogP contribution in [0.4, 0.5) is 0 Å². The molecule has 0 radical (unpaired) electrons. The largest absolute Gasteiger partial charge is 0.288 e. The molecule has 0 atom stereocenters. The third-order valence-corrected chi connectivity index (χ3v) is 5.04. The van der Waals surface area contributed by atoms with E-state index in [-0.39, 0.29) is 5.78 Å². The van der Waals surface area contributed by atoms with Gasteiger partial charge in [0, 0.05) is 9.35 Å². The van der Waals surface area contributed by atoms with Crippen molar-refractivity contribution < 1.29 is 4.79 Å². The lowest BCUT2D eigenvalue weighted by molar-refractivity contribution is 0.104. The maximum atomic E-state index is 12.3. The minimum Gasteiger partial charge on any atom is -0.288 e. The molecular weight excluding hydrogens is 343 g/mol. The summed E-state index contributed by atoms with van der Waals surface area (Å²) in [4.78, 5) is 14.0. The summed E-state index contributed by atoms with van der Waals surface area (Å²) in [5.74, 6) is -0.139. The van der Waals surface area contributed by atoms with Gasteiger partial charge in [-0.25, -0.2) is 0 Å². The number of rotatable bonds is 2. The Kier molecular flexibility index (Phi) is 3.93. The van der Waals surface area contributed by atoms with E-state index in [4.69, 9.17) is 23.2 Å². The number of carbonyl (C=O) groups excluding carboxylic acids is 1. The number of carbonyl (C=O) groups is 1. The summed E-state index contributed by atoms with van der Waals surface area (Å²) in [5.41, 5.74) is 0.365. The van der Waals surface area contributed by atoms with Crippen molar-refractivity contribution in [3.63, 3.8) is 0 Å². The van der Waals surface area contributed by atoms with Gasteiger partial charge in [-0.1, -0.05) is 29.3 Å². The average molecular weight is 350 g/mol. The second kappa shape index (κ2) is 5.11. The van der Waals surface area contributed by atoms with Gasteiger partial charge in [0.05, 0.1) is 20.5 Å². The highest BCUT2D eigenvalue weighted by Crippen LogP contribution is 2.32. The highest BCUT2D eigenvalue weighted by Gasteiger charge is 2.19. The summed E-state index contributed by atoms with van der Waals surface area (Å²) < 4.78 is 0.925. The van der Waals surface area contributed by atoms with Crippen molar-refractivity contribution in [2.24, 2.45) is 0 Å². The second-order valence-corrected chi connectivity index (χ2v) is 6.37. The summed E-state index contributed by atoms with van der Waals surface area (Å²) in [6.45, 7) is 1.94. The predicted octanol–water partition coefficient (Wildman–Crippen LogP) is 5.36. The lowest BCUT2D eigenvalue weighted by Gasteiger charge is -2.03. The van der Waals surface area contributed by atoms with Gasteiger partial charge in [0.15, 0.2) is 0 Å². The number of aryl methyl sites for hydroxylation is 1. The Labute approximate surface area is 121 Å². The van der Waals surface area contributed by atoms with Gasteiger partial charge in [-0.2, -0.15) is 0 Å². The van der Waals surface area contributed by atoms with E-state index in [0.717, 1.165) is 9.35 Å². The van der Waals surface area contributed by atoms with Crippen molar-refractivity contribution in [1.29, 1.82) is 0 Å². The maximum Gasteiger partial charge on any atom is 0.205 e. The monoisotopic (exact) mass is 348 g/mol. The van der Waals surface area contributed by atoms with Gasteiger partial charge in [0.25, 0.3) is 0 Å². The summed E-state index contributed by atoms with van der Waals surface area (Å²) in [7, 11) is 0. The van der Waals surface area contributed by atoms with Gasteiger partial charge in [-0.05, 0) is 41.1 Å². The van der Waals surface area contributed by atoms with E-state index in [1.54, 1.807) is 24.3 Å². The molecule has 0 aliphatic heterocycles. The molecule has 88 valence electrons. The van der Waals surface area contributed by atoms with Crippen LogP contribution in [0.1, 0.15) is 20.1 Å². The molecule has 0 saturated carbocycles. The van der Waals surface area contributed by atoms with Crippen molar-refractivity contribution in [2.75, 3.05) is 0 Å². The van der Waals surface area contributed by atoms with Crippen LogP contribution in [0.3, 0.4) is 0 Å². The number of thiophene rings is 1. The Balaban J connectivity index is 2.51. The Bertz CT molecular complexity index is 552. The van der Waals surface area contributed by atoms with Crippen LogP contribution in [0.5, 0.6) is 0 Å². The molecule has 0 bridgehead atoms. The smallest absolute Gasteiger partial charge is 0.205 e. The molecule has 1 aromatic heterocycles. The zero-order valence-electron chi connectivity index (χ0n) is 8.76. The van der Waals surface area contributed by atoms with Crippen LogP contribution in [0.2, 0.25) is 10.0 Å². The van der Waals surface area contributed by atoms with Crippen LogP contribution in [0.15, 0.2) is 28.7 Å². The molecule has 5 heteroatoms. The van der Waals surface area contributed by atoms with Gasteiger partial charge < -0.3 is 0 Å². The van der Waals surface area contributed by atoms with Crippen molar-refractivity contribution in [2.45, 2.75) is 6.92 Å². The first kappa shape index (κ1) is 13.1. The van der Waals surface area contributed by atoms with Crippen molar-refractivity contribution in [3.8, 4) is 0 Å². The Morgan fingerprint density at radius 1 is 1.29 bits per heavy atom. The molecule has 0 unspecified atom stereocenters. The fourth-order valence-corrected chi connectivity index (χ4v) is 3.46. The normalized spacial score (nSPS) is 10.6. The highest BCUT2D eigenvalue weighted by atomic mass is 79.9. The third kappa shape index (κ3) is 2.58. The van der Waals surface area contributed by atoms with Crippen molar-refractivity contribution in [1.82, 2.24) is 0 Å². The molecule has 0 N–H and O–H groups in total. The second-order valence-electron chi connectivity index (χ2n) is 3.44. The topological polar surface area (TPSA) is 17.1 Å². The molecule has 0 aliphatic rings. The van der Waals surface area contributed by atoms with E-state index in [1.165, 1.54) is 11.3 Å². The number of hydrogen-bond donors (Lipinski definition) is 0. The van der Waals surface area contributed by atoms with E-state index in [0.29, 0.717) is 20.5 Å². The molecule has 0 aliphatic carbocycles. The minimum atomic E-state index is -0.139. The van der Waals surface area contributed by atoms with Crippen LogP contribution in [-0.2, 0) is 0 Å². The van der Waals surface area contributed by atoms with Gasteiger partial charge >= 0.3 is 0 Å². The third-order valence-electron chi connectivity index (χ3n) is 2.27. The molecule has 1 nitrogen and oxygen atoms in total. The first-order chi connectivity index (χ1) is 8.00. The lowest BCUT2D eigenvalue weighted by atomic mass is 10.1. The van der Waals surface area contributed by atoms with Crippen LogP contribution >= 0.6 is 50.5 Å². The lowest BCUT2D eigenvalue weighted by Crippen LogP contribution is -2.00. The molecule has 0 spiro atoms. The summed E-state index contributed by atoms with van der Waals surface area (Å²) in [6.07, 6.45) is 0. The average Bonchev–Trinajstić information content (AvgIpc) is 2.59. The Hall–Kier alpha value is -0.350. The number of benzene rings is 1. The fraction of sp³-hybridized carbons (Fsp3) is 0.0833. The molecule has 0 fully saturated rings. The molecule has 1 aromatic carbocycles. The van der Waals surface area contributed by atoms with E-state index in [9.17, 15) is 4.79 Å². The zero-order chi connectivity index (χ0) is 12.6. The van der Waals surface area contributed by atoms with Gasteiger partial charge in [0.2, 0.25) is 5.78 Å². The summed E-state index contributed by atoms with van der Waals surface area (Å²) in [5, 5.41) is 0.759. The van der Waals surface area contributed by atoms with E-state index in [2.05, 4.69) is 15.9 Å². The quantitative estimate of drug-likeness (QED) is 0.667.